The van der Waals surface area contributed by atoms with Gasteiger partial charge in [-0.25, -0.2) is 14.6 Å². The molecule has 0 radical (unpaired) electrons. The number of carbonyl (C=O) groups is 2. The molecule has 1 rings (SSSR count). The van der Waals surface area contributed by atoms with Gasteiger partial charge in [0, 0.05) is 25.0 Å². The third kappa shape index (κ3) is 5.73. The molecule has 2 atom stereocenters. The molecule has 0 aliphatic carbocycles. The Balaban J connectivity index is 2.42. The van der Waals surface area contributed by atoms with E-state index in [-0.39, 0.29) is 12.0 Å². The van der Waals surface area contributed by atoms with Crippen LogP contribution in [0.2, 0.25) is 0 Å². The highest BCUT2D eigenvalue weighted by Gasteiger charge is 2.21. The lowest BCUT2D eigenvalue weighted by Crippen LogP contribution is -2.49. The molecule has 7 heteroatoms. The molecular formula is C13H22N4O3. The highest BCUT2D eigenvalue weighted by atomic mass is 16.4. The Hall–Kier alpha value is -2.05. The molecule has 0 spiro atoms. The lowest BCUT2D eigenvalue weighted by molar-refractivity contribution is -0.139. The number of carboxylic acid groups (broad SMARTS) is 1. The molecule has 0 bridgehead atoms. The quantitative estimate of drug-likeness (QED) is 0.697. The van der Waals surface area contributed by atoms with E-state index >= 15 is 0 Å². The second-order valence-electron chi connectivity index (χ2n) is 5.30. The summed E-state index contributed by atoms with van der Waals surface area (Å²) in [5, 5.41) is 14.3. The van der Waals surface area contributed by atoms with Crippen molar-refractivity contribution < 1.29 is 14.7 Å². The molecule has 0 saturated heterocycles. The van der Waals surface area contributed by atoms with Crippen molar-refractivity contribution >= 4 is 12.0 Å². The number of amides is 2. The van der Waals surface area contributed by atoms with Gasteiger partial charge >= 0.3 is 12.0 Å². The highest BCUT2D eigenvalue weighted by Crippen LogP contribution is 2.04. The summed E-state index contributed by atoms with van der Waals surface area (Å²) < 4.78 is 1.84. The number of aromatic nitrogens is 2. The molecule has 1 aromatic heterocycles. The number of nitrogens with one attached hydrogen (secondary N) is 2. The summed E-state index contributed by atoms with van der Waals surface area (Å²) in [6.45, 7) is 6.25. The molecule has 20 heavy (non-hydrogen) atoms. The lowest BCUT2D eigenvalue weighted by atomic mass is 10.0. The normalized spacial score (nSPS) is 13.8. The number of carboxylic acids is 1. The Labute approximate surface area is 118 Å². The number of carbonyl (C=O) groups excluding carboxylic acids is 1. The van der Waals surface area contributed by atoms with Crippen LogP contribution in [0.4, 0.5) is 4.79 Å². The molecule has 3 N–H and O–H groups in total. The first-order valence-corrected chi connectivity index (χ1v) is 6.64. The summed E-state index contributed by atoms with van der Waals surface area (Å²) >= 11 is 0. The van der Waals surface area contributed by atoms with Crippen LogP contribution in [0.15, 0.2) is 18.7 Å². The van der Waals surface area contributed by atoms with Gasteiger partial charge in [-0.3, -0.25) is 0 Å². The zero-order valence-corrected chi connectivity index (χ0v) is 12.0. The minimum atomic E-state index is -1.02. The third-order valence-electron chi connectivity index (χ3n) is 2.73. The molecule has 0 fully saturated rings. The van der Waals surface area contributed by atoms with Crippen molar-refractivity contribution in [1.82, 2.24) is 20.2 Å². The van der Waals surface area contributed by atoms with Gasteiger partial charge in [-0.1, -0.05) is 13.8 Å². The van der Waals surface area contributed by atoms with E-state index in [1.807, 2.05) is 25.3 Å². The maximum atomic E-state index is 11.8. The van der Waals surface area contributed by atoms with E-state index in [2.05, 4.69) is 15.6 Å². The Morgan fingerprint density at radius 2 is 2.00 bits per heavy atom. The second kappa shape index (κ2) is 7.52. The topological polar surface area (TPSA) is 96.3 Å². The number of urea groups is 1. The largest absolute Gasteiger partial charge is 0.480 e. The van der Waals surface area contributed by atoms with Crippen molar-refractivity contribution in [2.75, 3.05) is 0 Å². The number of imidazole rings is 1. The summed E-state index contributed by atoms with van der Waals surface area (Å²) in [7, 11) is 0. The Morgan fingerprint density at radius 1 is 1.30 bits per heavy atom. The molecule has 7 nitrogen and oxygen atoms in total. The van der Waals surface area contributed by atoms with Crippen LogP contribution >= 0.6 is 0 Å². The van der Waals surface area contributed by atoms with Gasteiger partial charge in [0.15, 0.2) is 0 Å². The summed E-state index contributed by atoms with van der Waals surface area (Å²) in [5.41, 5.74) is 0. The lowest BCUT2D eigenvalue weighted by Gasteiger charge is -2.19. The van der Waals surface area contributed by atoms with E-state index in [4.69, 9.17) is 5.11 Å². The maximum Gasteiger partial charge on any atom is 0.326 e. The van der Waals surface area contributed by atoms with Gasteiger partial charge < -0.3 is 20.3 Å². The average molecular weight is 282 g/mol. The molecule has 0 aliphatic rings. The summed E-state index contributed by atoms with van der Waals surface area (Å²) in [6.07, 6.45) is 5.53. The number of aliphatic carboxylic acids is 1. The van der Waals surface area contributed by atoms with Crippen LogP contribution in [0.25, 0.3) is 0 Å². The monoisotopic (exact) mass is 282 g/mol. The van der Waals surface area contributed by atoms with Crippen LogP contribution in [0.1, 0.15) is 27.2 Å². The molecule has 1 unspecified atom stereocenters. The van der Waals surface area contributed by atoms with Crippen molar-refractivity contribution in [3.8, 4) is 0 Å². The predicted octanol–water partition coefficient (Wildman–Crippen LogP) is 1.07. The highest BCUT2D eigenvalue weighted by molar-refractivity contribution is 5.82. The maximum absolute atomic E-state index is 11.8. The summed E-state index contributed by atoms with van der Waals surface area (Å²) in [4.78, 5) is 26.7. The summed E-state index contributed by atoms with van der Waals surface area (Å²) in [6, 6.07) is -1.46. The molecule has 0 aliphatic heterocycles. The average Bonchev–Trinajstić information content (AvgIpc) is 2.79. The van der Waals surface area contributed by atoms with Crippen LogP contribution in [0, 0.1) is 5.92 Å². The van der Waals surface area contributed by atoms with E-state index in [1.165, 1.54) is 0 Å². The van der Waals surface area contributed by atoms with Crippen molar-refractivity contribution in [3.63, 3.8) is 0 Å². The van der Waals surface area contributed by atoms with Crippen molar-refractivity contribution in [3.05, 3.63) is 18.7 Å². The fourth-order valence-corrected chi connectivity index (χ4v) is 1.87. The molecule has 0 saturated carbocycles. The molecule has 0 aromatic carbocycles. The fraction of sp³-hybridized carbons (Fsp3) is 0.615. The zero-order valence-electron chi connectivity index (χ0n) is 12.0. The van der Waals surface area contributed by atoms with Gasteiger partial charge in [0.1, 0.15) is 6.04 Å². The van der Waals surface area contributed by atoms with Crippen molar-refractivity contribution in [2.24, 2.45) is 5.92 Å². The molecule has 1 heterocycles. The Bertz CT molecular complexity index is 431. The SMILES string of the molecule is CC(C)C[C@H](NC(=O)NC(C)Cn1ccnc1)C(=O)O. The second-order valence-corrected chi connectivity index (χ2v) is 5.30. The van der Waals surface area contributed by atoms with E-state index in [9.17, 15) is 9.59 Å². The van der Waals surface area contributed by atoms with Crippen LogP contribution in [0.3, 0.4) is 0 Å². The first kappa shape index (κ1) is 16.0. The van der Waals surface area contributed by atoms with Gasteiger partial charge in [0.2, 0.25) is 0 Å². The van der Waals surface area contributed by atoms with Crippen molar-refractivity contribution in [1.29, 1.82) is 0 Å². The van der Waals surface area contributed by atoms with Gasteiger partial charge in [0.05, 0.1) is 6.33 Å². The molecule has 2 amide bonds. The van der Waals surface area contributed by atoms with Crippen molar-refractivity contribution in [2.45, 2.75) is 45.8 Å². The Morgan fingerprint density at radius 3 is 2.50 bits per heavy atom. The first-order chi connectivity index (χ1) is 9.38. The zero-order chi connectivity index (χ0) is 15.1. The van der Waals surface area contributed by atoms with Gasteiger partial charge in [-0.05, 0) is 19.3 Å². The van der Waals surface area contributed by atoms with Crippen LogP contribution in [-0.4, -0.2) is 38.7 Å². The molecular weight excluding hydrogens is 260 g/mol. The fourth-order valence-electron chi connectivity index (χ4n) is 1.87. The van der Waals surface area contributed by atoms with Gasteiger partial charge in [0.25, 0.3) is 0 Å². The minimum absolute atomic E-state index is 0.127. The Kier molecular flexibility index (Phi) is 6.02. The van der Waals surface area contributed by atoms with Crippen LogP contribution in [-0.2, 0) is 11.3 Å². The van der Waals surface area contributed by atoms with Gasteiger partial charge in [-0.2, -0.15) is 0 Å². The molecule has 1 aromatic rings. The first-order valence-electron chi connectivity index (χ1n) is 6.64. The standard InChI is InChI=1S/C13H22N4O3/c1-9(2)6-11(12(18)19)16-13(20)15-10(3)7-17-5-4-14-8-17/h4-5,8-11H,6-7H2,1-3H3,(H,18,19)(H2,15,16,20)/t10?,11-/m0/s1. The van der Waals surface area contributed by atoms with E-state index in [1.54, 1.807) is 18.7 Å². The molecule has 112 valence electrons. The summed E-state index contributed by atoms with van der Waals surface area (Å²) in [5.74, 6) is -0.823. The smallest absolute Gasteiger partial charge is 0.326 e. The number of rotatable bonds is 7. The van der Waals surface area contributed by atoms with E-state index in [0.717, 1.165) is 0 Å². The van der Waals surface area contributed by atoms with Gasteiger partial charge in [-0.15, -0.1) is 0 Å². The minimum Gasteiger partial charge on any atom is -0.480 e. The number of nitrogens with zero attached hydrogens (tertiary/aromatic N) is 2. The number of hydrogen-bond donors (Lipinski definition) is 3. The van der Waals surface area contributed by atoms with Crippen LogP contribution in [0.5, 0.6) is 0 Å². The predicted molar refractivity (Wildman–Crippen MR) is 74.2 cm³/mol. The van der Waals surface area contributed by atoms with E-state index < -0.39 is 18.0 Å². The number of hydrogen-bond acceptors (Lipinski definition) is 3. The van der Waals surface area contributed by atoms with E-state index in [0.29, 0.717) is 13.0 Å². The third-order valence-corrected chi connectivity index (χ3v) is 2.73. The van der Waals surface area contributed by atoms with Crippen LogP contribution < -0.4 is 10.6 Å².